The average molecular weight is 385 g/mol. The smallest absolute Gasteiger partial charge is 0.363 e. The molecular formula is C21H23NO4S. The highest BCUT2D eigenvalue weighted by Crippen LogP contribution is 2.30. The second-order valence-electron chi connectivity index (χ2n) is 6.13. The molecule has 0 amide bonds. The van der Waals surface area contributed by atoms with Gasteiger partial charge in [0.1, 0.15) is 0 Å². The molecule has 0 saturated heterocycles. The number of cyclic esters (lactones) is 1. The molecule has 2 heterocycles. The maximum absolute atomic E-state index is 12.1. The van der Waals surface area contributed by atoms with Crippen molar-refractivity contribution in [1.29, 1.82) is 0 Å². The first kappa shape index (κ1) is 19.2. The number of ether oxygens (including phenoxy) is 3. The molecule has 0 bridgehead atoms. The van der Waals surface area contributed by atoms with Crippen molar-refractivity contribution in [2.24, 2.45) is 4.99 Å². The van der Waals surface area contributed by atoms with Gasteiger partial charge in [-0.15, -0.1) is 11.3 Å². The Kier molecular flexibility index (Phi) is 6.65. The van der Waals surface area contributed by atoms with Crippen LogP contribution in [-0.4, -0.2) is 25.6 Å². The minimum absolute atomic E-state index is 0.272. The molecule has 0 fully saturated rings. The normalized spacial score (nSPS) is 15.0. The van der Waals surface area contributed by atoms with Gasteiger partial charge >= 0.3 is 5.97 Å². The van der Waals surface area contributed by atoms with Gasteiger partial charge in [-0.05, 0) is 41.6 Å². The van der Waals surface area contributed by atoms with E-state index < -0.39 is 5.97 Å². The van der Waals surface area contributed by atoms with E-state index in [1.807, 2.05) is 35.7 Å². The molecule has 0 unspecified atom stereocenters. The Morgan fingerprint density at radius 3 is 2.81 bits per heavy atom. The minimum atomic E-state index is -0.450. The quantitative estimate of drug-likeness (QED) is 0.344. The van der Waals surface area contributed by atoms with E-state index >= 15 is 0 Å². The molecule has 0 atom stereocenters. The zero-order valence-corrected chi connectivity index (χ0v) is 16.4. The number of aliphatic imine (C=N–C) groups is 1. The van der Waals surface area contributed by atoms with Crippen molar-refractivity contribution in [2.45, 2.75) is 32.6 Å². The SMILES string of the molecule is CCCCCCOc1ccc(C=C2N=C(c3cccs3)OC2=O)cc1OC. The highest BCUT2D eigenvalue weighted by atomic mass is 32.1. The molecule has 0 spiro atoms. The number of benzene rings is 1. The van der Waals surface area contributed by atoms with Crippen molar-refractivity contribution >= 4 is 29.3 Å². The van der Waals surface area contributed by atoms with Crippen LogP contribution >= 0.6 is 11.3 Å². The molecule has 0 saturated carbocycles. The molecule has 27 heavy (non-hydrogen) atoms. The average Bonchev–Trinajstić information content (AvgIpc) is 3.33. The monoisotopic (exact) mass is 385 g/mol. The van der Waals surface area contributed by atoms with Crippen molar-refractivity contribution in [3.8, 4) is 11.5 Å². The van der Waals surface area contributed by atoms with E-state index in [4.69, 9.17) is 14.2 Å². The molecule has 0 aliphatic carbocycles. The Hall–Kier alpha value is -2.60. The van der Waals surface area contributed by atoms with E-state index in [1.165, 1.54) is 24.2 Å². The zero-order valence-electron chi connectivity index (χ0n) is 15.6. The molecule has 1 aromatic carbocycles. The van der Waals surface area contributed by atoms with Gasteiger partial charge in [-0.3, -0.25) is 0 Å². The van der Waals surface area contributed by atoms with E-state index in [1.54, 1.807) is 13.2 Å². The molecule has 1 aromatic heterocycles. The molecule has 1 aliphatic rings. The van der Waals surface area contributed by atoms with Crippen LogP contribution in [0.5, 0.6) is 11.5 Å². The molecule has 0 radical (unpaired) electrons. The number of hydrogen-bond acceptors (Lipinski definition) is 6. The first-order chi connectivity index (χ1) is 13.2. The number of carbonyl (C=O) groups is 1. The number of hydrogen-bond donors (Lipinski definition) is 0. The van der Waals surface area contributed by atoms with Crippen LogP contribution in [0.4, 0.5) is 0 Å². The van der Waals surface area contributed by atoms with Gasteiger partial charge in [0, 0.05) is 0 Å². The van der Waals surface area contributed by atoms with Crippen LogP contribution in [-0.2, 0) is 9.53 Å². The Morgan fingerprint density at radius 2 is 2.07 bits per heavy atom. The predicted octanol–water partition coefficient (Wildman–Crippen LogP) is 5.06. The highest BCUT2D eigenvalue weighted by Gasteiger charge is 2.24. The first-order valence-corrected chi connectivity index (χ1v) is 9.96. The van der Waals surface area contributed by atoms with Gasteiger partial charge in [-0.25, -0.2) is 9.79 Å². The molecule has 6 heteroatoms. The summed E-state index contributed by atoms with van der Waals surface area (Å²) >= 11 is 1.48. The summed E-state index contributed by atoms with van der Waals surface area (Å²) in [6, 6.07) is 9.33. The Labute approximate surface area is 163 Å². The number of esters is 1. The lowest BCUT2D eigenvalue weighted by atomic mass is 10.1. The van der Waals surface area contributed by atoms with Gasteiger partial charge in [-0.2, -0.15) is 0 Å². The van der Waals surface area contributed by atoms with Gasteiger partial charge < -0.3 is 14.2 Å². The molecule has 3 rings (SSSR count). The lowest BCUT2D eigenvalue weighted by Crippen LogP contribution is -2.03. The predicted molar refractivity (Wildman–Crippen MR) is 108 cm³/mol. The standard InChI is InChI=1S/C21H23NO4S/c1-3-4-5-6-11-25-17-10-9-15(14-18(17)24-2)13-16-21(23)26-20(22-16)19-8-7-12-27-19/h7-10,12-14H,3-6,11H2,1-2H3. The Balaban J connectivity index is 1.71. The summed E-state index contributed by atoms with van der Waals surface area (Å²) in [5.74, 6) is 1.23. The maximum Gasteiger partial charge on any atom is 0.363 e. The first-order valence-electron chi connectivity index (χ1n) is 9.08. The number of unbranched alkanes of at least 4 members (excludes halogenated alkanes) is 3. The van der Waals surface area contributed by atoms with Crippen molar-refractivity contribution in [3.05, 3.63) is 51.8 Å². The lowest BCUT2D eigenvalue weighted by Gasteiger charge is -2.11. The van der Waals surface area contributed by atoms with Crippen LogP contribution in [0.25, 0.3) is 6.08 Å². The summed E-state index contributed by atoms with van der Waals surface area (Å²) in [5.41, 5.74) is 1.07. The van der Waals surface area contributed by atoms with Crippen molar-refractivity contribution in [2.75, 3.05) is 13.7 Å². The van der Waals surface area contributed by atoms with Crippen LogP contribution in [0.1, 0.15) is 43.0 Å². The summed E-state index contributed by atoms with van der Waals surface area (Å²) in [6.07, 6.45) is 6.30. The van der Waals surface area contributed by atoms with Crippen LogP contribution in [0.2, 0.25) is 0 Å². The van der Waals surface area contributed by atoms with Crippen molar-refractivity contribution in [3.63, 3.8) is 0 Å². The van der Waals surface area contributed by atoms with Crippen LogP contribution in [0.15, 0.2) is 46.4 Å². The van der Waals surface area contributed by atoms with E-state index in [0.717, 1.165) is 23.3 Å². The van der Waals surface area contributed by atoms with Gasteiger partial charge in [0.05, 0.1) is 18.6 Å². The van der Waals surface area contributed by atoms with Gasteiger partial charge in [0.15, 0.2) is 17.2 Å². The van der Waals surface area contributed by atoms with E-state index in [0.29, 0.717) is 24.0 Å². The lowest BCUT2D eigenvalue weighted by molar-refractivity contribution is -0.129. The summed E-state index contributed by atoms with van der Waals surface area (Å²) in [4.78, 5) is 17.2. The molecule has 5 nitrogen and oxygen atoms in total. The van der Waals surface area contributed by atoms with Crippen molar-refractivity contribution in [1.82, 2.24) is 0 Å². The number of methoxy groups -OCH3 is 1. The van der Waals surface area contributed by atoms with Gasteiger partial charge in [0.25, 0.3) is 0 Å². The highest BCUT2D eigenvalue weighted by molar-refractivity contribution is 7.12. The summed E-state index contributed by atoms with van der Waals surface area (Å²) in [6.45, 7) is 2.85. The van der Waals surface area contributed by atoms with E-state index in [-0.39, 0.29) is 5.70 Å². The largest absolute Gasteiger partial charge is 0.493 e. The third-order valence-electron chi connectivity index (χ3n) is 4.10. The second kappa shape index (κ2) is 9.37. The Morgan fingerprint density at radius 1 is 1.19 bits per heavy atom. The van der Waals surface area contributed by atoms with Gasteiger partial charge in [0.2, 0.25) is 5.90 Å². The summed E-state index contributed by atoms with van der Waals surface area (Å²) < 4.78 is 16.5. The third kappa shape index (κ3) is 4.98. The Bertz CT molecular complexity index is 840. The molecule has 142 valence electrons. The fourth-order valence-corrected chi connectivity index (χ4v) is 3.33. The fraction of sp³-hybridized carbons (Fsp3) is 0.333. The number of nitrogens with zero attached hydrogens (tertiary/aromatic N) is 1. The third-order valence-corrected chi connectivity index (χ3v) is 4.96. The van der Waals surface area contributed by atoms with Crippen LogP contribution in [0.3, 0.4) is 0 Å². The fourth-order valence-electron chi connectivity index (χ4n) is 2.68. The molecule has 1 aliphatic heterocycles. The van der Waals surface area contributed by atoms with Crippen LogP contribution in [0, 0.1) is 0 Å². The molecular weight excluding hydrogens is 362 g/mol. The van der Waals surface area contributed by atoms with Crippen molar-refractivity contribution < 1.29 is 19.0 Å². The topological polar surface area (TPSA) is 57.1 Å². The van der Waals surface area contributed by atoms with E-state index in [9.17, 15) is 4.79 Å². The number of rotatable bonds is 9. The second-order valence-corrected chi connectivity index (χ2v) is 7.08. The minimum Gasteiger partial charge on any atom is -0.493 e. The number of carbonyl (C=O) groups excluding carboxylic acids is 1. The maximum atomic E-state index is 12.1. The number of thiophene rings is 1. The van der Waals surface area contributed by atoms with Gasteiger partial charge in [-0.1, -0.05) is 38.3 Å². The summed E-state index contributed by atoms with van der Waals surface area (Å²) in [7, 11) is 1.60. The van der Waals surface area contributed by atoms with Crippen LogP contribution < -0.4 is 9.47 Å². The molecule has 0 N–H and O–H groups in total. The van der Waals surface area contributed by atoms with E-state index in [2.05, 4.69) is 11.9 Å². The molecule has 2 aromatic rings. The summed E-state index contributed by atoms with van der Waals surface area (Å²) in [5, 5.41) is 1.92. The zero-order chi connectivity index (χ0) is 19.1.